The fraction of sp³-hybridized carbons (Fsp3) is 0.179. The summed E-state index contributed by atoms with van der Waals surface area (Å²) in [5.41, 5.74) is 3.96. The molecule has 0 bridgehead atoms. The van der Waals surface area contributed by atoms with E-state index < -0.39 is 17.7 Å². The molecule has 1 aromatic heterocycles. The van der Waals surface area contributed by atoms with Gasteiger partial charge in [0.25, 0.3) is 5.78 Å². The number of aliphatic hydroxyl groups is 1. The Morgan fingerprint density at radius 1 is 1.00 bits per heavy atom. The molecule has 2 aliphatic rings. The van der Waals surface area contributed by atoms with E-state index in [9.17, 15) is 14.7 Å². The molecule has 4 aromatic rings. The lowest BCUT2D eigenvalue weighted by molar-refractivity contribution is -0.132. The van der Waals surface area contributed by atoms with Gasteiger partial charge in [0.2, 0.25) is 0 Å². The topological polar surface area (TPSA) is 89.0 Å². The maximum absolute atomic E-state index is 13.5. The summed E-state index contributed by atoms with van der Waals surface area (Å²) in [6, 6.07) is 17.4. The average molecular weight is 499 g/mol. The zero-order valence-electron chi connectivity index (χ0n) is 19.6. The van der Waals surface area contributed by atoms with E-state index in [1.807, 2.05) is 56.3 Å². The van der Waals surface area contributed by atoms with Gasteiger partial charge in [-0.25, -0.2) is 4.98 Å². The standard InChI is InChI=1S/C28H22N2O5S/c1-15-12-16(2)23-21(13-15)36-28(29-23)30-24(17-6-4-3-5-7-17)22(26(32)27(30)33)25(31)18-8-9-19-20(14-18)35-11-10-34-19/h3-9,12-14,24,31H,10-11H2,1-2H3/b25-22+/t24-/m0/s1. The Bertz CT molecular complexity index is 1570. The fourth-order valence-corrected chi connectivity index (χ4v) is 5.96. The van der Waals surface area contributed by atoms with Gasteiger partial charge in [0, 0.05) is 5.56 Å². The Balaban J connectivity index is 1.54. The molecule has 1 N–H and O–H groups in total. The van der Waals surface area contributed by atoms with Crippen LogP contribution in [0.4, 0.5) is 5.13 Å². The average Bonchev–Trinajstić information content (AvgIpc) is 3.42. The molecular formula is C28H22N2O5S. The van der Waals surface area contributed by atoms with Crippen molar-refractivity contribution in [2.45, 2.75) is 19.9 Å². The van der Waals surface area contributed by atoms with E-state index in [4.69, 9.17) is 14.5 Å². The van der Waals surface area contributed by atoms with E-state index in [-0.39, 0.29) is 11.3 Å². The maximum Gasteiger partial charge on any atom is 0.301 e. The Hall–Kier alpha value is -4.17. The summed E-state index contributed by atoms with van der Waals surface area (Å²) in [5, 5.41) is 11.8. The summed E-state index contributed by atoms with van der Waals surface area (Å²) in [6.07, 6.45) is 0. The number of aliphatic hydroxyl groups excluding tert-OH is 1. The number of carbonyl (C=O) groups is 2. The van der Waals surface area contributed by atoms with Crippen LogP contribution in [0, 0.1) is 13.8 Å². The normalized spacial score (nSPS) is 18.7. The van der Waals surface area contributed by atoms with Gasteiger partial charge in [-0.1, -0.05) is 47.7 Å². The number of thiazole rings is 1. The monoisotopic (exact) mass is 498 g/mol. The van der Waals surface area contributed by atoms with Crippen molar-refractivity contribution in [3.05, 3.63) is 88.5 Å². The molecule has 3 heterocycles. The number of rotatable bonds is 3. The fourth-order valence-electron chi connectivity index (χ4n) is 4.79. The van der Waals surface area contributed by atoms with Crippen LogP contribution in [-0.4, -0.2) is 35.0 Å². The molecule has 7 nitrogen and oxygen atoms in total. The summed E-state index contributed by atoms with van der Waals surface area (Å²) in [4.78, 5) is 33.0. The second-order valence-electron chi connectivity index (χ2n) is 8.86. The van der Waals surface area contributed by atoms with Crippen molar-refractivity contribution in [3.63, 3.8) is 0 Å². The molecule has 0 spiro atoms. The van der Waals surface area contributed by atoms with Crippen LogP contribution < -0.4 is 14.4 Å². The first-order valence-corrected chi connectivity index (χ1v) is 12.4. The minimum Gasteiger partial charge on any atom is -0.507 e. The van der Waals surface area contributed by atoms with Crippen LogP contribution in [0.1, 0.15) is 28.3 Å². The number of benzene rings is 3. The number of aromatic nitrogens is 1. The zero-order chi connectivity index (χ0) is 25.0. The van der Waals surface area contributed by atoms with Gasteiger partial charge in [0.1, 0.15) is 19.0 Å². The maximum atomic E-state index is 13.5. The van der Waals surface area contributed by atoms with E-state index in [0.29, 0.717) is 41.0 Å². The van der Waals surface area contributed by atoms with Crippen LogP contribution in [0.15, 0.2) is 66.2 Å². The number of ketones is 1. The molecule has 0 unspecified atom stereocenters. The van der Waals surface area contributed by atoms with E-state index in [2.05, 4.69) is 0 Å². The molecule has 8 heteroatoms. The summed E-state index contributed by atoms with van der Waals surface area (Å²) >= 11 is 1.36. The third-order valence-corrected chi connectivity index (χ3v) is 7.40. The van der Waals surface area contributed by atoms with Gasteiger partial charge in [0.15, 0.2) is 16.6 Å². The molecule has 0 saturated carbocycles. The molecule has 3 aromatic carbocycles. The molecule has 6 rings (SSSR count). The lowest BCUT2D eigenvalue weighted by Gasteiger charge is -2.23. The predicted octanol–water partition coefficient (Wildman–Crippen LogP) is 5.31. The number of carbonyl (C=O) groups excluding carboxylic acids is 2. The summed E-state index contributed by atoms with van der Waals surface area (Å²) in [7, 11) is 0. The number of hydrogen-bond acceptors (Lipinski definition) is 7. The number of aryl methyl sites for hydroxylation is 2. The van der Waals surface area contributed by atoms with Crippen molar-refractivity contribution in [3.8, 4) is 11.5 Å². The van der Waals surface area contributed by atoms with Crippen molar-refractivity contribution in [2.75, 3.05) is 18.1 Å². The third kappa shape index (κ3) is 3.53. The molecule has 1 amide bonds. The number of anilines is 1. The second-order valence-corrected chi connectivity index (χ2v) is 9.87. The van der Waals surface area contributed by atoms with Crippen LogP contribution in [0.5, 0.6) is 11.5 Å². The van der Waals surface area contributed by atoms with Crippen LogP contribution in [0.2, 0.25) is 0 Å². The van der Waals surface area contributed by atoms with Crippen LogP contribution in [0.3, 0.4) is 0 Å². The number of ether oxygens (including phenoxy) is 2. The largest absolute Gasteiger partial charge is 0.507 e. The number of Topliss-reactive ketones (excluding diaryl/α,β-unsaturated/α-hetero) is 1. The van der Waals surface area contributed by atoms with Crippen molar-refractivity contribution in [2.24, 2.45) is 0 Å². The zero-order valence-corrected chi connectivity index (χ0v) is 20.5. The molecule has 0 aliphatic carbocycles. The number of amides is 1. The molecule has 36 heavy (non-hydrogen) atoms. The second kappa shape index (κ2) is 8.49. The number of nitrogens with zero attached hydrogens (tertiary/aromatic N) is 2. The summed E-state index contributed by atoms with van der Waals surface area (Å²) in [5.74, 6) is -0.708. The van der Waals surface area contributed by atoms with Gasteiger partial charge in [-0.15, -0.1) is 0 Å². The van der Waals surface area contributed by atoms with Gasteiger partial charge in [0.05, 0.1) is 21.8 Å². The van der Waals surface area contributed by atoms with Crippen molar-refractivity contribution in [1.29, 1.82) is 0 Å². The minimum atomic E-state index is -0.832. The smallest absolute Gasteiger partial charge is 0.301 e. The molecule has 0 radical (unpaired) electrons. The van der Waals surface area contributed by atoms with Gasteiger partial charge in [-0.3, -0.25) is 14.5 Å². The summed E-state index contributed by atoms with van der Waals surface area (Å²) in [6.45, 7) is 4.82. The molecule has 1 fully saturated rings. The quantitative estimate of drug-likeness (QED) is 0.234. The molecule has 180 valence electrons. The van der Waals surface area contributed by atoms with Crippen molar-refractivity contribution >= 4 is 44.1 Å². The number of hydrogen-bond donors (Lipinski definition) is 1. The Labute approximate surface area is 211 Å². The Morgan fingerprint density at radius 3 is 2.53 bits per heavy atom. The first kappa shape index (κ1) is 22.3. The highest BCUT2D eigenvalue weighted by Crippen LogP contribution is 2.45. The molecule has 1 saturated heterocycles. The van der Waals surface area contributed by atoms with Crippen LogP contribution in [0.25, 0.3) is 16.0 Å². The van der Waals surface area contributed by atoms with E-state index in [0.717, 1.165) is 21.3 Å². The van der Waals surface area contributed by atoms with Gasteiger partial charge >= 0.3 is 5.91 Å². The molecule has 1 atom stereocenters. The Morgan fingerprint density at radius 2 is 1.75 bits per heavy atom. The highest BCUT2D eigenvalue weighted by atomic mass is 32.1. The van der Waals surface area contributed by atoms with Gasteiger partial charge < -0.3 is 14.6 Å². The van der Waals surface area contributed by atoms with Crippen molar-refractivity contribution < 1.29 is 24.2 Å². The lowest BCUT2D eigenvalue weighted by atomic mass is 9.95. The lowest BCUT2D eigenvalue weighted by Crippen LogP contribution is -2.29. The number of fused-ring (bicyclic) bond motifs is 2. The van der Waals surface area contributed by atoms with Crippen LogP contribution in [-0.2, 0) is 9.59 Å². The predicted molar refractivity (Wildman–Crippen MR) is 138 cm³/mol. The van der Waals surface area contributed by atoms with Gasteiger partial charge in [-0.05, 0) is 54.8 Å². The minimum absolute atomic E-state index is 0.00929. The first-order valence-electron chi connectivity index (χ1n) is 11.6. The van der Waals surface area contributed by atoms with Gasteiger partial charge in [-0.2, -0.15) is 0 Å². The SMILES string of the molecule is Cc1cc(C)c2nc(N3C(=O)C(=O)/C(=C(/O)c4ccc5c(c4)OCCO5)[C@@H]3c3ccccc3)sc2c1. The van der Waals surface area contributed by atoms with Crippen LogP contribution >= 0.6 is 11.3 Å². The first-order chi connectivity index (χ1) is 17.4. The van der Waals surface area contributed by atoms with E-state index in [1.165, 1.54) is 16.2 Å². The molecular weight excluding hydrogens is 476 g/mol. The Kier molecular flexibility index (Phi) is 5.26. The highest BCUT2D eigenvalue weighted by molar-refractivity contribution is 7.22. The summed E-state index contributed by atoms with van der Waals surface area (Å²) < 4.78 is 12.2. The van der Waals surface area contributed by atoms with Crippen molar-refractivity contribution in [1.82, 2.24) is 4.98 Å². The highest BCUT2D eigenvalue weighted by Gasteiger charge is 2.48. The third-order valence-electron chi connectivity index (χ3n) is 6.40. The van der Waals surface area contributed by atoms with E-state index in [1.54, 1.807) is 18.2 Å². The molecule has 2 aliphatic heterocycles. The van der Waals surface area contributed by atoms with E-state index >= 15 is 0 Å².